The van der Waals surface area contributed by atoms with Crippen LogP contribution >= 0.6 is 0 Å². The monoisotopic (exact) mass is 253 g/mol. The van der Waals surface area contributed by atoms with Crippen LogP contribution in [0.3, 0.4) is 0 Å². The fraction of sp³-hybridized carbons (Fsp3) is 0.933. The van der Waals surface area contributed by atoms with Crippen molar-refractivity contribution >= 4 is 5.97 Å². The summed E-state index contributed by atoms with van der Waals surface area (Å²) in [6, 6.07) is 0. The Bertz CT molecular complexity index is 266. The van der Waals surface area contributed by atoms with E-state index >= 15 is 0 Å². The highest BCUT2D eigenvalue weighted by Crippen LogP contribution is 2.33. The Morgan fingerprint density at radius 1 is 1.33 bits per heavy atom. The summed E-state index contributed by atoms with van der Waals surface area (Å²) < 4.78 is 5.64. The number of hydrogen-bond donors (Lipinski definition) is 1. The van der Waals surface area contributed by atoms with Crippen molar-refractivity contribution in [3.05, 3.63) is 0 Å². The van der Waals surface area contributed by atoms with Gasteiger partial charge >= 0.3 is 5.97 Å². The molecule has 1 aliphatic heterocycles. The molecule has 104 valence electrons. The molecular formula is C15H27NO2. The van der Waals surface area contributed by atoms with Gasteiger partial charge in [0, 0.05) is 6.54 Å². The lowest BCUT2D eigenvalue weighted by atomic mass is 9.82. The maximum atomic E-state index is 12.3. The second-order valence-corrected chi connectivity index (χ2v) is 6.06. The lowest BCUT2D eigenvalue weighted by Gasteiger charge is -2.27. The molecule has 0 bridgehead atoms. The largest absolute Gasteiger partial charge is 0.465 e. The molecule has 0 radical (unpaired) electrons. The van der Waals surface area contributed by atoms with Crippen molar-refractivity contribution in [2.45, 2.75) is 58.3 Å². The van der Waals surface area contributed by atoms with Crippen LogP contribution in [0.2, 0.25) is 0 Å². The first-order chi connectivity index (χ1) is 8.77. The Labute approximate surface area is 111 Å². The molecule has 0 spiro atoms. The molecule has 1 aliphatic carbocycles. The summed E-state index contributed by atoms with van der Waals surface area (Å²) in [5.41, 5.74) is -0.219. The molecule has 1 N–H and O–H groups in total. The van der Waals surface area contributed by atoms with Crippen LogP contribution in [0, 0.1) is 11.3 Å². The Morgan fingerprint density at radius 2 is 2.11 bits per heavy atom. The summed E-state index contributed by atoms with van der Waals surface area (Å²) in [6.07, 6.45) is 9.43. The molecule has 0 aromatic carbocycles. The lowest BCUT2D eigenvalue weighted by molar-refractivity contribution is -0.157. The third-order valence-corrected chi connectivity index (χ3v) is 4.58. The number of hydrogen-bond acceptors (Lipinski definition) is 3. The minimum atomic E-state index is -0.219. The number of rotatable bonds is 5. The fourth-order valence-electron chi connectivity index (χ4n) is 3.41. The predicted octanol–water partition coefficient (Wildman–Crippen LogP) is 2.89. The number of esters is 1. The van der Waals surface area contributed by atoms with E-state index in [0.29, 0.717) is 12.5 Å². The van der Waals surface area contributed by atoms with Crippen molar-refractivity contribution < 1.29 is 9.53 Å². The van der Waals surface area contributed by atoms with E-state index < -0.39 is 0 Å². The van der Waals surface area contributed by atoms with E-state index in [1.807, 2.05) is 0 Å². The number of carbonyl (C=O) groups excluding carboxylic acids is 1. The first kappa shape index (κ1) is 13.9. The first-order valence-corrected chi connectivity index (χ1v) is 7.65. The van der Waals surface area contributed by atoms with Crippen LogP contribution in [-0.4, -0.2) is 25.7 Å². The number of nitrogens with one attached hydrogen (secondary N) is 1. The Morgan fingerprint density at radius 3 is 2.72 bits per heavy atom. The van der Waals surface area contributed by atoms with Crippen molar-refractivity contribution in [1.82, 2.24) is 5.32 Å². The number of ether oxygens (including phenoxy) is 1. The lowest BCUT2D eigenvalue weighted by Crippen LogP contribution is -2.36. The Balaban J connectivity index is 1.81. The normalized spacial score (nSPS) is 29.4. The molecule has 2 aliphatic rings. The zero-order valence-electron chi connectivity index (χ0n) is 11.7. The molecule has 1 heterocycles. The third kappa shape index (κ3) is 3.25. The highest BCUT2D eigenvalue weighted by molar-refractivity contribution is 5.77. The summed E-state index contributed by atoms with van der Waals surface area (Å²) in [6.45, 7) is 4.57. The van der Waals surface area contributed by atoms with Crippen molar-refractivity contribution in [1.29, 1.82) is 0 Å². The molecule has 3 heteroatoms. The average molecular weight is 253 g/mol. The zero-order valence-corrected chi connectivity index (χ0v) is 11.7. The molecular weight excluding hydrogens is 226 g/mol. The van der Waals surface area contributed by atoms with Gasteiger partial charge < -0.3 is 10.1 Å². The minimum absolute atomic E-state index is 0.0555. The van der Waals surface area contributed by atoms with E-state index in [0.717, 1.165) is 32.4 Å². The van der Waals surface area contributed by atoms with E-state index in [2.05, 4.69) is 12.2 Å². The molecule has 0 aromatic rings. The molecule has 1 saturated carbocycles. The maximum absolute atomic E-state index is 12.3. The van der Waals surface area contributed by atoms with Crippen LogP contribution in [0.15, 0.2) is 0 Å². The molecule has 1 atom stereocenters. The van der Waals surface area contributed by atoms with Crippen LogP contribution < -0.4 is 5.32 Å². The summed E-state index contributed by atoms with van der Waals surface area (Å²) >= 11 is 0. The van der Waals surface area contributed by atoms with Gasteiger partial charge in [-0.3, -0.25) is 4.79 Å². The van der Waals surface area contributed by atoms with Gasteiger partial charge in [-0.05, 0) is 38.1 Å². The summed E-state index contributed by atoms with van der Waals surface area (Å²) in [4.78, 5) is 12.3. The van der Waals surface area contributed by atoms with Crippen molar-refractivity contribution in [3.8, 4) is 0 Å². The van der Waals surface area contributed by atoms with Crippen molar-refractivity contribution in [3.63, 3.8) is 0 Å². The maximum Gasteiger partial charge on any atom is 0.313 e. The van der Waals surface area contributed by atoms with Crippen LogP contribution in [0.1, 0.15) is 58.3 Å². The van der Waals surface area contributed by atoms with Gasteiger partial charge in [-0.25, -0.2) is 0 Å². The molecule has 1 saturated heterocycles. The quantitative estimate of drug-likeness (QED) is 0.766. The van der Waals surface area contributed by atoms with E-state index in [1.54, 1.807) is 0 Å². The molecule has 2 fully saturated rings. The minimum Gasteiger partial charge on any atom is -0.465 e. The molecule has 2 rings (SSSR count). The van der Waals surface area contributed by atoms with Gasteiger partial charge in [-0.1, -0.05) is 32.6 Å². The van der Waals surface area contributed by atoms with E-state index in [4.69, 9.17) is 4.74 Å². The Kier molecular flexibility index (Phi) is 5.04. The van der Waals surface area contributed by atoms with Gasteiger partial charge in [0.15, 0.2) is 0 Å². The summed E-state index contributed by atoms with van der Waals surface area (Å²) in [7, 11) is 0. The molecule has 18 heavy (non-hydrogen) atoms. The van der Waals surface area contributed by atoms with E-state index in [-0.39, 0.29) is 11.4 Å². The third-order valence-electron chi connectivity index (χ3n) is 4.58. The van der Waals surface area contributed by atoms with E-state index in [1.165, 1.54) is 32.1 Å². The van der Waals surface area contributed by atoms with Gasteiger partial charge in [0.2, 0.25) is 0 Å². The molecule has 1 unspecified atom stereocenters. The Hall–Kier alpha value is -0.570. The van der Waals surface area contributed by atoms with Crippen LogP contribution in [-0.2, 0) is 9.53 Å². The van der Waals surface area contributed by atoms with Gasteiger partial charge in [0.1, 0.15) is 0 Å². The van der Waals surface area contributed by atoms with Crippen LogP contribution in [0.4, 0.5) is 0 Å². The van der Waals surface area contributed by atoms with Crippen LogP contribution in [0.5, 0.6) is 0 Å². The van der Waals surface area contributed by atoms with Gasteiger partial charge in [-0.15, -0.1) is 0 Å². The summed E-state index contributed by atoms with van der Waals surface area (Å²) in [5.74, 6) is 0.677. The fourth-order valence-corrected chi connectivity index (χ4v) is 3.41. The average Bonchev–Trinajstić information content (AvgIpc) is 2.87. The zero-order chi connectivity index (χ0) is 12.8. The SMILES string of the molecule is CCCC1(C(=O)OCC2CCCCC2)CCNC1. The second kappa shape index (κ2) is 6.55. The smallest absolute Gasteiger partial charge is 0.313 e. The highest BCUT2D eigenvalue weighted by Gasteiger charge is 2.41. The second-order valence-electron chi connectivity index (χ2n) is 6.06. The van der Waals surface area contributed by atoms with Gasteiger partial charge in [0.05, 0.1) is 12.0 Å². The van der Waals surface area contributed by atoms with Crippen LogP contribution in [0.25, 0.3) is 0 Å². The van der Waals surface area contributed by atoms with Crippen molar-refractivity contribution in [2.75, 3.05) is 19.7 Å². The topological polar surface area (TPSA) is 38.3 Å². The number of carbonyl (C=O) groups is 1. The first-order valence-electron chi connectivity index (χ1n) is 7.65. The van der Waals surface area contributed by atoms with Gasteiger partial charge in [-0.2, -0.15) is 0 Å². The summed E-state index contributed by atoms with van der Waals surface area (Å²) in [5, 5.41) is 3.32. The molecule has 0 aromatic heterocycles. The van der Waals surface area contributed by atoms with E-state index in [9.17, 15) is 4.79 Å². The van der Waals surface area contributed by atoms with Gasteiger partial charge in [0.25, 0.3) is 0 Å². The van der Waals surface area contributed by atoms with Crippen molar-refractivity contribution in [2.24, 2.45) is 11.3 Å². The highest BCUT2D eigenvalue weighted by atomic mass is 16.5. The molecule has 3 nitrogen and oxygen atoms in total. The predicted molar refractivity (Wildman–Crippen MR) is 72.4 cm³/mol. The standard InChI is InChI=1S/C15H27NO2/c1-2-8-15(9-10-16-12-15)14(17)18-11-13-6-4-3-5-7-13/h13,16H,2-12H2,1H3. The molecule has 0 amide bonds.